The van der Waals surface area contributed by atoms with Crippen molar-refractivity contribution in [1.29, 1.82) is 0 Å². The summed E-state index contributed by atoms with van der Waals surface area (Å²) < 4.78 is 1.82. The summed E-state index contributed by atoms with van der Waals surface area (Å²) in [5.41, 5.74) is 1.84. The fourth-order valence-corrected chi connectivity index (χ4v) is 2.41. The Morgan fingerprint density at radius 1 is 1.43 bits per heavy atom. The quantitative estimate of drug-likeness (QED) is 0.766. The van der Waals surface area contributed by atoms with Crippen molar-refractivity contribution in [2.24, 2.45) is 7.05 Å². The molecular formula is C14H14N4O3. The summed E-state index contributed by atoms with van der Waals surface area (Å²) >= 11 is 0. The molecule has 2 heterocycles. The summed E-state index contributed by atoms with van der Waals surface area (Å²) in [5, 5.41) is 4.87. The number of amides is 3. The molecule has 3 amide bonds. The molecule has 1 aromatic carbocycles. The molecule has 3 rings (SSSR count). The van der Waals surface area contributed by atoms with Gasteiger partial charge in [-0.1, -0.05) is 6.07 Å². The smallest absolute Gasteiger partial charge is 0.254 e. The molecule has 0 saturated carbocycles. The number of imide groups is 1. The van der Waals surface area contributed by atoms with Gasteiger partial charge in [-0.05, 0) is 18.6 Å². The van der Waals surface area contributed by atoms with Crippen molar-refractivity contribution in [2.45, 2.75) is 18.9 Å². The standard InChI is InChI=1S/C14H14N4O3/c1-18-7-15-12-8(3-2-4-10(12)18)13(20)16-9-5-6-11(19)17-14(9)21/h2-4,7,9H,5-6H2,1H3,(H,16,20)(H,17,19,21). The second-order valence-corrected chi connectivity index (χ2v) is 5.01. The average molecular weight is 286 g/mol. The molecule has 0 radical (unpaired) electrons. The normalized spacial score (nSPS) is 18.6. The van der Waals surface area contributed by atoms with E-state index in [0.717, 1.165) is 5.52 Å². The number of hydrogen-bond acceptors (Lipinski definition) is 4. The van der Waals surface area contributed by atoms with Crippen LogP contribution in [-0.2, 0) is 16.6 Å². The maximum atomic E-state index is 12.3. The first-order chi connectivity index (χ1) is 10.1. The fourth-order valence-electron chi connectivity index (χ4n) is 2.41. The van der Waals surface area contributed by atoms with Gasteiger partial charge in [0.05, 0.1) is 17.4 Å². The third kappa shape index (κ3) is 2.37. The third-order valence-corrected chi connectivity index (χ3v) is 3.54. The topological polar surface area (TPSA) is 93.1 Å². The van der Waals surface area contributed by atoms with E-state index < -0.39 is 11.9 Å². The zero-order valence-corrected chi connectivity index (χ0v) is 11.4. The number of piperidine rings is 1. The molecule has 7 heteroatoms. The molecule has 108 valence electrons. The third-order valence-electron chi connectivity index (χ3n) is 3.54. The van der Waals surface area contributed by atoms with Gasteiger partial charge in [0.25, 0.3) is 5.91 Å². The Morgan fingerprint density at radius 3 is 3.00 bits per heavy atom. The summed E-state index contributed by atoms with van der Waals surface area (Å²) in [6, 6.07) is 4.61. The van der Waals surface area contributed by atoms with Crippen molar-refractivity contribution in [3.63, 3.8) is 0 Å². The Bertz CT molecular complexity index is 750. The van der Waals surface area contributed by atoms with Crippen LogP contribution in [0.5, 0.6) is 0 Å². The molecule has 2 aromatic rings. The number of benzene rings is 1. The Morgan fingerprint density at radius 2 is 2.24 bits per heavy atom. The number of carbonyl (C=O) groups is 3. The monoisotopic (exact) mass is 286 g/mol. The lowest BCUT2D eigenvalue weighted by atomic mass is 10.1. The van der Waals surface area contributed by atoms with Crippen molar-refractivity contribution in [2.75, 3.05) is 0 Å². The highest BCUT2D eigenvalue weighted by atomic mass is 16.2. The van der Waals surface area contributed by atoms with Crippen LogP contribution in [0.15, 0.2) is 24.5 Å². The highest BCUT2D eigenvalue weighted by Crippen LogP contribution is 2.17. The van der Waals surface area contributed by atoms with E-state index in [9.17, 15) is 14.4 Å². The second kappa shape index (κ2) is 5.01. The second-order valence-electron chi connectivity index (χ2n) is 5.01. The average Bonchev–Trinajstić information content (AvgIpc) is 2.84. The van der Waals surface area contributed by atoms with Gasteiger partial charge >= 0.3 is 0 Å². The van der Waals surface area contributed by atoms with Crippen molar-refractivity contribution >= 4 is 28.8 Å². The van der Waals surface area contributed by atoms with E-state index in [1.807, 2.05) is 17.7 Å². The van der Waals surface area contributed by atoms with Crippen molar-refractivity contribution < 1.29 is 14.4 Å². The number of nitrogens with one attached hydrogen (secondary N) is 2. The highest BCUT2D eigenvalue weighted by molar-refractivity contribution is 6.08. The van der Waals surface area contributed by atoms with E-state index in [1.54, 1.807) is 18.5 Å². The molecule has 21 heavy (non-hydrogen) atoms. The Balaban J connectivity index is 1.84. The Kier molecular flexibility index (Phi) is 3.17. The summed E-state index contributed by atoms with van der Waals surface area (Å²) in [6.07, 6.45) is 2.17. The maximum Gasteiger partial charge on any atom is 0.254 e. The van der Waals surface area contributed by atoms with Crippen LogP contribution in [0.25, 0.3) is 11.0 Å². The van der Waals surface area contributed by atoms with Gasteiger partial charge in [0.2, 0.25) is 11.8 Å². The van der Waals surface area contributed by atoms with Crippen LogP contribution in [0.3, 0.4) is 0 Å². The lowest BCUT2D eigenvalue weighted by molar-refractivity contribution is -0.134. The lowest BCUT2D eigenvalue weighted by Gasteiger charge is -2.21. The van der Waals surface area contributed by atoms with Crippen LogP contribution in [0.1, 0.15) is 23.2 Å². The van der Waals surface area contributed by atoms with Crippen LogP contribution in [0.2, 0.25) is 0 Å². The summed E-state index contributed by atoms with van der Waals surface area (Å²) in [4.78, 5) is 39.3. The molecule has 1 unspecified atom stereocenters. The van der Waals surface area contributed by atoms with E-state index in [2.05, 4.69) is 15.6 Å². The number of aromatic nitrogens is 2. The van der Waals surface area contributed by atoms with Crippen molar-refractivity contribution in [3.05, 3.63) is 30.1 Å². The summed E-state index contributed by atoms with van der Waals surface area (Å²) in [5.74, 6) is -1.14. The van der Waals surface area contributed by atoms with Crippen LogP contribution >= 0.6 is 0 Å². The molecule has 0 aliphatic carbocycles. The summed E-state index contributed by atoms with van der Waals surface area (Å²) in [6.45, 7) is 0. The molecule has 1 atom stereocenters. The molecular weight excluding hydrogens is 272 g/mol. The first-order valence-corrected chi connectivity index (χ1v) is 6.61. The molecule has 1 saturated heterocycles. The number of rotatable bonds is 2. The van der Waals surface area contributed by atoms with Gasteiger partial charge in [-0.25, -0.2) is 4.98 Å². The van der Waals surface area contributed by atoms with E-state index >= 15 is 0 Å². The number of imidazole rings is 1. The predicted molar refractivity (Wildman–Crippen MR) is 74.4 cm³/mol. The number of para-hydroxylation sites is 1. The molecule has 2 N–H and O–H groups in total. The molecule has 7 nitrogen and oxygen atoms in total. The largest absolute Gasteiger partial charge is 0.340 e. The van der Waals surface area contributed by atoms with E-state index in [0.29, 0.717) is 17.5 Å². The van der Waals surface area contributed by atoms with E-state index in [1.165, 1.54) is 0 Å². The zero-order valence-electron chi connectivity index (χ0n) is 11.4. The van der Waals surface area contributed by atoms with Crippen molar-refractivity contribution in [3.8, 4) is 0 Å². The van der Waals surface area contributed by atoms with E-state index in [-0.39, 0.29) is 18.2 Å². The van der Waals surface area contributed by atoms with Gasteiger partial charge in [0.1, 0.15) is 11.6 Å². The van der Waals surface area contributed by atoms with E-state index in [4.69, 9.17) is 0 Å². The van der Waals surface area contributed by atoms with Gasteiger partial charge in [-0.2, -0.15) is 0 Å². The maximum absolute atomic E-state index is 12.3. The number of hydrogen-bond donors (Lipinski definition) is 2. The fraction of sp³-hybridized carbons (Fsp3) is 0.286. The predicted octanol–water partition coefficient (Wildman–Crippen LogP) is 0.108. The molecule has 0 spiro atoms. The van der Waals surface area contributed by atoms with Crippen LogP contribution in [-0.4, -0.2) is 33.3 Å². The van der Waals surface area contributed by atoms with Gasteiger partial charge in [-0.15, -0.1) is 0 Å². The molecule has 1 fully saturated rings. The van der Waals surface area contributed by atoms with Gasteiger partial charge in [0.15, 0.2) is 0 Å². The number of fused-ring (bicyclic) bond motifs is 1. The number of carbonyl (C=O) groups excluding carboxylic acids is 3. The van der Waals surface area contributed by atoms with Crippen LogP contribution in [0.4, 0.5) is 0 Å². The van der Waals surface area contributed by atoms with Gasteiger partial charge < -0.3 is 9.88 Å². The molecule has 1 aromatic heterocycles. The Hall–Kier alpha value is -2.70. The molecule has 0 bridgehead atoms. The first kappa shape index (κ1) is 13.3. The van der Waals surface area contributed by atoms with Gasteiger partial charge in [-0.3, -0.25) is 19.7 Å². The highest BCUT2D eigenvalue weighted by Gasteiger charge is 2.28. The SMILES string of the molecule is Cn1cnc2c(C(=O)NC3CCC(=O)NC3=O)cccc21. The first-order valence-electron chi connectivity index (χ1n) is 6.61. The minimum atomic E-state index is -0.686. The summed E-state index contributed by atoms with van der Waals surface area (Å²) in [7, 11) is 1.84. The Labute approximate surface area is 120 Å². The number of nitrogens with zero attached hydrogens (tertiary/aromatic N) is 2. The minimum absolute atomic E-state index is 0.227. The van der Waals surface area contributed by atoms with Crippen LogP contribution < -0.4 is 10.6 Å². The number of aryl methyl sites for hydroxylation is 1. The minimum Gasteiger partial charge on any atom is -0.340 e. The lowest BCUT2D eigenvalue weighted by Crippen LogP contribution is -2.52. The van der Waals surface area contributed by atoms with Gasteiger partial charge in [0, 0.05) is 13.5 Å². The molecule has 1 aliphatic heterocycles. The molecule has 1 aliphatic rings. The zero-order chi connectivity index (χ0) is 15.0. The van der Waals surface area contributed by atoms with Crippen LogP contribution in [0, 0.1) is 0 Å². The van der Waals surface area contributed by atoms with Crippen molar-refractivity contribution in [1.82, 2.24) is 20.2 Å².